The molecule has 2 heterocycles. The molecule has 7 nitrogen and oxygen atoms in total. The van der Waals surface area contributed by atoms with Crippen molar-refractivity contribution < 1.29 is 14.4 Å². The molecule has 112 valence electrons. The Labute approximate surface area is 122 Å². The minimum Gasteiger partial charge on any atom is -0.337 e. The standard InChI is InChI=1S/C14H18N4O3/c19-11-14(4-3-5-14)12(20)18(13(21)16-11)8-2-1-7-17-9-6-15-10-17/h6,9-10H,1-5,7-8H2,(H,16,19,21). The highest BCUT2D eigenvalue weighted by atomic mass is 16.2. The highest BCUT2D eigenvalue weighted by Crippen LogP contribution is 2.44. The van der Waals surface area contributed by atoms with Crippen molar-refractivity contribution in [2.24, 2.45) is 5.41 Å². The van der Waals surface area contributed by atoms with Gasteiger partial charge in [-0.1, -0.05) is 6.42 Å². The van der Waals surface area contributed by atoms with Crippen molar-refractivity contribution in [1.82, 2.24) is 19.8 Å². The van der Waals surface area contributed by atoms with Crippen LogP contribution in [-0.2, 0) is 16.1 Å². The zero-order valence-electron chi connectivity index (χ0n) is 11.7. The normalized spacial score (nSPS) is 20.6. The number of nitrogens with zero attached hydrogens (tertiary/aromatic N) is 3. The number of nitrogens with one attached hydrogen (secondary N) is 1. The Balaban J connectivity index is 1.55. The average molecular weight is 290 g/mol. The van der Waals surface area contributed by atoms with Gasteiger partial charge >= 0.3 is 6.03 Å². The van der Waals surface area contributed by atoms with E-state index in [0.717, 1.165) is 19.4 Å². The molecule has 1 aliphatic heterocycles. The number of aryl methyl sites for hydroxylation is 1. The third-order valence-corrected chi connectivity index (χ3v) is 4.37. The van der Waals surface area contributed by atoms with Crippen LogP contribution in [0.4, 0.5) is 4.79 Å². The number of urea groups is 1. The molecule has 3 rings (SSSR count). The van der Waals surface area contributed by atoms with Gasteiger partial charge in [0, 0.05) is 25.5 Å². The maximum atomic E-state index is 12.4. The van der Waals surface area contributed by atoms with Gasteiger partial charge in [-0.15, -0.1) is 0 Å². The summed E-state index contributed by atoms with van der Waals surface area (Å²) in [6, 6.07) is -0.579. The van der Waals surface area contributed by atoms with Crippen molar-refractivity contribution in [3.63, 3.8) is 0 Å². The zero-order valence-corrected chi connectivity index (χ0v) is 11.7. The van der Waals surface area contributed by atoms with Crippen LogP contribution in [0.25, 0.3) is 0 Å². The van der Waals surface area contributed by atoms with Gasteiger partial charge in [0.05, 0.1) is 6.33 Å². The lowest BCUT2D eigenvalue weighted by Gasteiger charge is -2.44. The maximum absolute atomic E-state index is 12.4. The minimum atomic E-state index is -0.960. The molecule has 2 fully saturated rings. The molecule has 0 radical (unpaired) electrons. The van der Waals surface area contributed by atoms with Gasteiger partial charge in [0.25, 0.3) is 0 Å². The Morgan fingerprint density at radius 3 is 2.57 bits per heavy atom. The van der Waals surface area contributed by atoms with E-state index in [-0.39, 0.29) is 5.91 Å². The fourth-order valence-electron chi connectivity index (χ4n) is 2.89. The van der Waals surface area contributed by atoms with Gasteiger partial charge in [0.1, 0.15) is 5.41 Å². The van der Waals surface area contributed by atoms with Crippen LogP contribution < -0.4 is 5.32 Å². The second kappa shape index (κ2) is 5.31. The molecule has 1 saturated heterocycles. The summed E-state index contributed by atoms with van der Waals surface area (Å²) in [4.78, 5) is 41.2. The molecule has 1 N–H and O–H groups in total. The molecule has 1 aliphatic carbocycles. The number of unbranched alkanes of at least 4 members (excludes halogenated alkanes) is 1. The number of imidazole rings is 1. The molecule has 1 aromatic heterocycles. The van der Waals surface area contributed by atoms with Crippen molar-refractivity contribution in [3.05, 3.63) is 18.7 Å². The lowest BCUT2D eigenvalue weighted by Crippen LogP contribution is -2.66. The second-order valence-electron chi connectivity index (χ2n) is 5.66. The number of carbonyl (C=O) groups excluding carboxylic acids is 3. The Morgan fingerprint density at radius 1 is 1.19 bits per heavy atom. The summed E-state index contributed by atoms with van der Waals surface area (Å²) >= 11 is 0. The summed E-state index contributed by atoms with van der Waals surface area (Å²) in [5.41, 5.74) is -0.960. The molecule has 21 heavy (non-hydrogen) atoms. The van der Waals surface area contributed by atoms with Crippen molar-refractivity contribution in [3.8, 4) is 0 Å². The van der Waals surface area contributed by atoms with Gasteiger partial charge in [0.15, 0.2) is 0 Å². The van der Waals surface area contributed by atoms with Crippen LogP contribution in [0.2, 0.25) is 0 Å². The number of rotatable bonds is 5. The zero-order chi connectivity index (χ0) is 14.9. The topological polar surface area (TPSA) is 84.3 Å². The van der Waals surface area contributed by atoms with Crippen molar-refractivity contribution in [2.75, 3.05) is 6.54 Å². The summed E-state index contributed by atoms with van der Waals surface area (Å²) in [7, 11) is 0. The number of hydrogen-bond acceptors (Lipinski definition) is 4. The first-order valence-corrected chi connectivity index (χ1v) is 7.27. The highest BCUT2D eigenvalue weighted by molar-refractivity contribution is 6.19. The van der Waals surface area contributed by atoms with Crippen LogP contribution in [0.1, 0.15) is 32.1 Å². The first-order chi connectivity index (χ1) is 10.1. The van der Waals surface area contributed by atoms with Gasteiger partial charge in [-0.25, -0.2) is 9.78 Å². The largest absolute Gasteiger partial charge is 0.337 e. The fourth-order valence-corrected chi connectivity index (χ4v) is 2.89. The van der Waals surface area contributed by atoms with E-state index in [1.54, 1.807) is 12.5 Å². The summed E-state index contributed by atoms with van der Waals surface area (Å²) < 4.78 is 1.95. The molecule has 1 spiro atoms. The van der Waals surface area contributed by atoms with Crippen molar-refractivity contribution in [1.29, 1.82) is 0 Å². The smallest absolute Gasteiger partial charge is 0.330 e. The predicted octanol–water partition coefficient (Wildman–Crippen LogP) is 0.912. The summed E-state index contributed by atoms with van der Waals surface area (Å²) in [6.45, 7) is 1.15. The Hall–Kier alpha value is -2.18. The Bertz CT molecular complexity index is 563. The van der Waals surface area contributed by atoms with Crippen LogP contribution in [0.15, 0.2) is 18.7 Å². The monoisotopic (exact) mass is 290 g/mol. The Morgan fingerprint density at radius 2 is 1.95 bits per heavy atom. The molecule has 0 atom stereocenters. The first-order valence-electron chi connectivity index (χ1n) is 7.27. The van der Waals surface area contributed by atoms with Crippen LogP contribution >= 0.6 is 0 Å². The minimum absolute atomic E-state index is 0.315. The number of hydrogen-bond donors (Lipinski definition) is 1. The number of barbiturate groups is 1. The molecular formula is C14H18N4O3. The fraction of sp³-hybridized carbons (Fsp3) is 0.571. The molecule has 2 aliphatic rings. The molecule has 0 bridgehead atoms. The van der Waals surface area contributed by atoms with E-state index in [9.17, 15) is 14.4 Å². The third-order valence-electron chi connectivity index (χ3n) is 4.37. The molecule has 1 aromatic rings. The summed E-state index contributed by atoms with van der Waals surface area (Å²) in [5.74, 6) is -0.733. The van der Waals surface area contributed by atoms with Crippen LogP contribution in [0.5, 0.6) is 0 Å². The van der Waals surface area contributed by atoms with Gasteiger partial charge in [0.2, 0.25) is 11.8 Å². The molecular weight excluding hydrogens is 272 g/mol. The van der Waals surface area contributed by atoms with E-state index in [1.807, 2.05) is 10.8 Å². The number of amides is 4. The Kier molecular flexibility index (Phi) is 3.48. The quantitative estimate of drug-likeness (QED) is 0.645. The van der Waals surface area contributed by atoms with Crippen LogP contribution in [0, 0.1) is 5.41 Å². The summed E-state index contributed by atoms with van der Waals surface area (Å²) in [6.07, 6.45) is 8.85. The number of imide groups is 2. The molecule has 0 unspecified atom stereocenters. The van der Waals surface area contributed by atoms with Crippen molar-refractivity contribution in [2.45, 2.75) is 38.6 Å². The van der Waals surface area contributed by atoms with E-state index in [1.165, 1.54) is 4.90 Å². The van der Waals surface area contributed by atoms with E-state index in [0.29, 0.717) is 25.8 Å². The highest BCUT2D eigenvalue weighted by Gasteiger charge is 2.57. The first kappa shape index (κ1) is 13.8. The van der Waals surface area contributed by atoms with E-state index >= 15 is 0 Å². The van der Waals surface area contributed by atoms with E-state index in [4.69, 9.17) is 0 Å². The van der Waals surface area contributed by atoms with Gasteiger partial charge < -0.3 is 4.57 Å². The van der Waals surface area contributed by atoms with Crippen LogP contribution in [-0.4, -0.2) is 38.8 Å². The molecule has 0 aromatic carbocycles. The maximum Gasteiger partial charge on any atom is 0.330 e. The number of carbonyl (C=O) groups is 3. The number of aromatic nitrogens is 2. The van der Waals surface area contributed by atoms with Gasteiger partial charge in [-0.3, -0.25) is 19.8 Å². The lowest BCUT2D eigenvalue weighted by molar-refractivity contribution is -0.157. The lowest BCUT2D eigenvalue weighted by atomic mass is 9.66. The third kappa shape index (κ3) is 2.32. The molecule has 4 amide bonds. The molecule has 7 heteroatoms. The average Bonchev–Trinajstić information content (AvgIpc) is 2.88. The van der Waals surface area contributed by atoms with E-state index in [2.05, 4.69) is 10.3 Å². The second-order valence-corrected chi connectivity index (χ2v) is 5.66. The SMILES string of the molecule is O=C1NC(=O)C2(CCC2)C(=O)N1CCCCn1ccnc1. The predicted molar refractivity (Wildman–Crippen MR) is 73.0 cm³/mol. The van der Waals surface area contributed by atoms with Crippen LogP contribution in [0.3, 0.4) is 0 Å². The van der Waals surface area contributed by atoms with Gasteiger partial charge in [-0.2, -0.15) is 0 Å². The van der Waals surface area contributed by atoms with Crippen molar-refractivity contribution >= 4 is 17.8 Å². The van der Waals surface area contributed by atoms with Gasteiger partial charge in [-0.05, 0) is 25.7 Å². The van der Waals surface area contributed by atoms with E-state index < -0.39 is 17.4 Å². The molecule has 1 saturated carbocycles. The summed E-state index contributed by atoms with van der Waals surface area (Å²) in [5, 5.41) is 2.32.